The van der Waals surface area contributed by atoms with E-state index in [1.807, 2.05) is 0 Å². The van der Waals surface area contributed by atoms with E-state index >= 15 is 0 Å². The Bertz CT molecular complexity index is 3690. The maximum absolute atomic E-state index is 2.77. The van der Waals surface area contributed by atoms with Crippen molar-refractivity contribution in [1.29, 1.82) is 0 Å². The number of fused-ring (bicyclic) bond motifs is 10. The highest BCUT2D eigenvalue weighted by atomic mass is 15.3. The second-order valence-corrected chi connectivity index (χ2v) is 27.8. The maximum Gasteiger partial charge on any atom is 0.252 e. The van der Waals surface area contributed by atoms with Crippen LogP contribution in [0, 0.1) is 12.3 Å². The summed E-state index contributed by atoms with van der Waals surface area (Å²) < 4.78 is 0. The highest BCUT2D eigenvalue weighted by molar-refractivity contribution is 7.00. The van der Waals surface area contributed by atoms with Crippen molar-refractivity contribution in [1.82, 2.24) is 0 Å². The second-order valence-electron chi connectivity index (χ2n) is 27.8. The average Bonchev–Trinajstić information content (AvgIpc) is 4.01. The van der Waals surface area contributed by atoms with Gasteiger partial charge in [-0.25, -0.2) is 0 Å². The monoisotopic (exact) mass is 994 g/mol. The van der Waals surface area contributed by atoms with Gasteiger partial charge in [0.05, 0.1) is 11.2 Å². The number of nitrogens with zero attached hydrogens (tertiary/aromatic N) is 3. The molecule has 8 aromatic carbocycles. The van der Waals surface area contributed by atoms with Gasteiger partial charge in [0.15, 0.2) is 0 Å². The summed E-state index contributed by atoms with van der Waals surface area (Å²) in [7, 11) is 0. The van der Waals surface area contributed by atoms with E-state index in [4.69, 9.17) is 0 Å². The van der Waals surface area contributed by atoms with Crippen molar-refractivity contribution in [3.05, 3.63) is 208 Å². The van der Waals surface area contributed by atoms with Gasteiger partial charge in [-0.1, -0.05) is 180 Å². The summed E-state index contributed by atoms with van der Waals surface area (Å²) >= 11 is 0. The topological polar surface area (TPSA) is 9.72 Å². The number of aryl methyl sites for hydroxylation is 2. The molecule has 0 radical (unpaired) electrons. The Labute approximate surface area is 455 Å². The van der Waals surface area contributed by atoms with E-state index in [0.29, 0.717) is 0 Å². The fraction of sp³-hybridized carbons (Fsp3) is 0.333. The van der Waals surface area contributed by atoms with E-state index in [1.165, 1.54) is 123 Å². The molecule has 4 heteroatoms. The Morgan fingerprint density at radius 1 is 0.447 bits per heavy atom. The van der Waals surface area contributed by atoms with Gasteiger partial charge in [-0.05, 0) is 194 Å². The van der Waals surface area contributed by atoms with E-state index < -0.39 is 0 Å². The van der Waals surface area contributed by atoms with Gasteiger partial charge >= 0.3 is 0 Å². The standard InChI is InChI=1S/C72H76BN3/c1-45-36-64-66-65(37-45)75(60-32-26-51(68(5,6)7)40-55(60)46-20-16-15-17-21-46)62-39-49-44-70(11,12)43-48(49)38-59(62)73(66)58-31-30-54(42-63(58)74(64)53-28-24-50(25-29-53)67(2,3)4)76-61-33-27-52(69(8,9)10)41-57(61)71(13)35-34-47-22-18-19-23-56(47)72(71,76)14/h15-33,36-42H,34-35,43-44H2,1-14H3. The number of hydrogen-bond donors (Lipinski definition) is 0. The molecule has 3 nitrogen and oxygen atoms in total. The quantitative estimate of drug-likeness (QED) is 0.163. The van der Waals surface area contributed by atoms with Gasteiger partial charge in [0.1, 0.15) is 0 Å². The summed E-state index contributed by atoms with van der Waals surface area (Å²) in [6.45, 7) is 33.4. The van der Waals surface area contributed by atoms with Crippen LogP contribution < -0.4 is 31.1 Å². The molecule has 0 fully saturated rings. The highest BCUT2D eigenvalue weighted by Gasteiger charge is 2.60. The Balaban J connectivity index is 1.10. The van der Waals surface area contributed by atoms with Crippen LogP contribution in [-0.4, -0.2) is 6.71 Å². The molecule has 0 bridgehead atoms. The van der Waals surface area contributed by atoms with Crippen molar-refractivity contribution in [2.24, 2.45) is 5.41 Å². The predicted molar refractivity (Wildman–Crippen MR) is 326 cm³/mol. The number of rotatable bonds is 4. The van der Waals surface area contributed by atoms with Crippen LogP contribution in [0.3, 0.4) is 0 Å². The molecule has 5 aliphatic rings. The van der Waals surface area contributed by atoms with Crippen LogP contribution in [0.15, 0.2) is 158 Å². The molecule has 382 valence electrons. The zero-order chi connectivity index (χ0) is 53.2. The minimum absolute atomic E-state index is 0.00509. The molecule has 0 saturated heterocycles. The molecule has 3 aliphatic heterocycles. The number of anilines is 8. The van der Waals surface area contributed by atoms with Crippen molar-refractivity contribution >= 4 is 68.6 Å². The van der Waals surface area contributed by atoms with Gasteiger partial charge in [-0.15, -0.1) is 0 Å². The van der Waals surface area contributed by atoms with E-state index in [0.717, 1.165) is 25.7 Å². The van der Waals surface area contributed by atoms with Gasteiger partial charge in [-0.3, -0.25) is 0 Å². The lowest BCUT2D eigenvalue weighted by molar-refractivity contribution is 0.245. The van der Waals surface area contributed by atoms with Crippen molar-refractivity contribution in [3.8, 4) is 11.1 Å². The first-order valence-electron chi connectivity index (χ1n) is 28.3. The third-order valence-corrected chi connectivity index (χ3v) is 18.9. The molecule has 0 amide bonds. The first-order valence-corrected chi connectivity index (χ1v) is 28.3. The molecule has 2 atom stereocenters. The van der Waals surface area contributed by atoms with Crippen LogP contribution in [-0.2, 0) is 46.5 Å². The summed E-state index contributed by atoms with van der Waals surface area (Å²) in [5.41, 5.74) is 29.1. The third-order valence-electron chi connectivity index (χ3n) is 18.9. The zero-order valence-corrected chi connectivity index (χ0v) is 47.8. The minimum Gasteiger partial charge on any atom is -0.330 e. The molecule has 76 heavy (non-hydrogen) atoms. The van der Waals surface area contributed by atoms with E-state index in [9.17, 15) is 0 Å². The summed E-state index contributed by atoms with van der Waals surface area (Å²) in [5.74, 6) is 0. The fourth-order valence-corrected chi connectivity index (χ4v) is 14.7. The first-order chi connectivity index (χ1) is 35.9. The van der Waals surface area contributed by atoms with Crippen LogP contribution >= 0.6 is 0 Å². The summed E-state index contributed by atoms with van der Waals surface area (Å²) in [6, 6.07) is 62.6. The molecular formula is C72H76BN3. The Morgan fingerprint density at radius 3 is 1.71 bits per heavy atom. The molecular weight excluding hydrogens is 918 g/mol. The normalized spacial score (nSPS) is 19.9. The Kier molecular flexibility index (Phi) is 10.5. The largest absolute Gasteiger partial charge is 0.330 e. The summed E-state index contributed by atoms with van der Waals surface area (Å²) in [5, 5.41) is 0. The maximum atomic E-state index is 2.77. The number of hydrogen-bond acceptors (Lipinski definition) is 3. The molecule has 0 N–H and O–H groups in total. The molecule has 8 aromatic rings. The van der Waals surface area contributed by atoms with Gasteiger partial charge in [0.2, 0.25) is 0 Å². The van der Waals surface area contributed by atoms with Crippen molar-refractivity contribution < 1.29 is 0 Å². The van der Waals surface area contributed by atoms with Crippen LogP contribution in [0.1, 0.15) is 147 Å². The first kappa shape index (κ1) is 48.8. The summed E-state index contributed by atoms with van der Waals surface area (Å²) in [6.07, 6.45) is 4.31. The van der Waals surface area contributed by atoms with Crippen molar-refractivity contribution in [2.75, 3.05) is 14.7 Å². The Morgan fingerprint density at radius 2 is 1.03 bits per heavy atom. The molecule has 13 rings (SSSR count). The number of benzene rings is 8. The second kappa shape index (κ2) is 16.4. The van der Waals surface area contributed by atoms with Gasteiger partial charge in [0, 0.05) is 50.8 Å². The van der Waals surface area contributed by atoms with Crippen LogP contribution in [0.4, 0.5) is 45.5 Å². The predicted octanol–water partition coefficient (Wildman–Crippen LogP) is 17.0. The lowest BCUT2D eigenvalue weighted by atomic mass is 9.33. The van der Waals surface area contributed by atoms with E-state index in [2.05, 4.69) is 269 Å². The lowest BCUT2D eigenvalue weighted by Gasteiger charge is -2.51. The molecule has 0 aromatic heterocycles. The highest BCUT2D eigenvalue weighted by Crippen LogP contribution is 2.64. The van der Waals surface area contributed by atoms with Crippen LogP contribution in [0.5, 0.6) is 0 Å². The molecule has 0 saturated carbocycles. The van der Waals surface area contributed by atoms with Gasteiger partial charge in [-0.2, -0.15) is 0 Å². The average molecular weight is 994 g/mol. The smallest absolute Gasteiger partial charge is 0.252 e. The van der Waals surface area contributed by atoms with Gasteiger partial charge in [0.25, 0.3) is 6.71 Å². The fourth-order valence-electron chi connectivity index (χ4n) is 14.7. The van der Waals surface area contributed by atoms with E-state index in [-0.39, 0.29) is 39.3 Å². The molecule has 3 heterocycles. The minimum atomic E-state index is -0.339. The van der Waals surface area contributed by atoms with Crippen molar-refractivity contribution in [2.45, 2.75) is 150 Å². The van der Waals surface area contributed by atoms with Crippen molar-refractivity contribution in [3.63, 3.8) is 0 Å². The molecule has 2 aliphatic carbocycles. The molecule has 0 spiro atoms. The van der Waals surface area contributed by atoms with E-state index in [1.54, 1.807) is 0 Å². The Hall–Kier alpha value is -6.78. The van der Waals surface area contributed by atoms with Gasteiger partial charge < -0.3 is 14.7 Å². The zero-order valence-electron chi connectivity index (χ0n) is 47.8. The van der Waals surface area contributed by atoms with Crippen LogP contribution in [0.25, 0.3) is 11.1 Å². The lowest BCUT2D eigenvalue weighted by Crippen LogP contribution is -2.61. The molecule has 2 unspecified atom stereocenters. The SMILES string of the molecule is Cc1cc2c3c(c1)N(c1ccc(C(C)(C)C)cc1-c1ccccc1)c1cc4c(cc1B3c1ccc(N3c5ccc(C(C)(C)C)cc5C5(C)CCc6ccccc6C35C)cc1N2c1ccc(C(C)(C)C)cc1)CC(C)(C)C4. The summed E-state index contributed by atoms with van der Waals surface area (Å²) in [4.78, 5) is 8.08. The third kappa shape index (κ3) is 7.21. The van der Waals surface area contributed by atoms with Crippen LogP contribution in [0.2, 0.25) is 0 Å².